The maximum atomic E-state index is 12.1. The maximum absolute atomic E-state index is 12.1. The second-order valence-corrected chi connectivity index (χ2v) is 5.84. The molecule has 0 bridgehead atoms. The first kappa shape index (κ1) is 13.8. The lowest BCUT2D eigenvalue weighted by Crippen LogP contribution is -2.30. The molecule has 0 aliphatic carbocycles. The van der Waals surface area contributed by atoms with Crippen molar-refractivity contribution in [2.75, 3.05) is 12.8 Å². The van der Waals surface area contributed by atoms with E-state index in [4.69, 9.17) is 10.5 Å². The zero-order valence-electron chi connectivity index (χ0n) is 10.4. The van der Waals surface area contributed by atoms with Gasteiger partial charge in [0.1, 0.15) is 4.90 Å². The number of benzene rings is 1. The van der Waals surface area contributed by atoms with Crippen LogP contribution in [0.5, 0.6) is 5.75 Å². The van der Waals surface area contributed by atoms with Gasteiger partial charge in [0.2, 0.25) is 10.0 Å². The normalized spacial score (nSPS) is 11.8. The van der Waals surface area contributed by atoms with Gasteiger partial charge in [0.15, 0.2) is 5.75 Å². The Labute approximate surface area is 102 Å². The fourth-order valence-corrected chi connectivity index (χ4v) is 3.09. The second-order valence-electron chi connectivity index (χ2n) is 4.16. The van der Waals surface area contributed by atoms with Crippen LogP contribution >= 0.6 is 0 Å². The Hall–Kier alpha value is -1.27. The van der Waals surface area contributed by atoms with Gasteiger partial charge in [0.05, 0.1) is 12.8 Å². The van der Waals surface area contributed by atoms with Crippen molar-refractivity contribution in [3.8, 4) is 5.75 Å². The Morgan fingerprint density at radius 3 is 2.41 bits per heavy atom. The zero-order chi connectivity index (χ0) is 13.2. The molecule has 5 nitrogen and oxygen atoms in total. The van der Waals surface area contributed by atoms with E-state index < -0.39 is 10.0 Å². The van der Waals surface area contributed by atoms with Crippen molar-refractivity contribution in [3.63, 3.8) is 0 Å². The first-order valence-corrected chi connectivity index (χ1v) is 6.72. The summed E-state index contributed by atoms with van der Waals surface area (Å²) < 4.78 is 31.7. The van der Waals surface area contributed by atoms with Crippen LogP contribution in [0.25, 0.3) is 0 Å². The van der Waals surface area contributed by atoms with E-state index in [-0.39, 0.29) is 16.7 Å². The molecule has 0 spiro atoms. The van der Waals surface area contributed by atoms with Crippen LogP contribution in [-0.4, -0.2) is 21.6 Å². The molecule has 0 aliphatic heterocycles. The molecule has 17 heavy (non-hydrogen) atoms. The van der Waals surface area contributed by atoms with E-state index in [2.05, 4.69) is 4.72 Å². The second kappa shape index (κ2) is 4.93. The summed E-state index contributed by atoms with van der Waals surface area (Å²) in [6, 6.07) is 3.03. The molecule has 0 unspecified atom stereocenters. The van der Waals surface area contributed by atoms with Gasteiger partial charge in [0, 0.05) is 6.04 Å². The molecule has 1 aromatic carbocycles. The Morgan fingerprint density at radius 2 is 1.94 bits per heavy atom. The number of hydrogen-bond donors (Lipinski definition) is 2. The zero-order valence-corrected chi connectivity index (χ0v) is 11.3. The minimum atomic E-state index is -3.60. The summed E-state index contributed by atoms with van der Waals surface area (Å²) in [7, 11) is -2.20. The number of nitrogens with one attached hydrogen (secondary N) is 1. The number of ether oxygens (including phenoxy) is 1. The van der Waals surface area contributed by atoms with Crippen molar-refractivity contribution in [2.45, 2.75) is 31.7 Å². The molecule has 0 heterocycles. The standard InChI is InChI=1S/C11H18N2O3S/c1-7(2)13-17(14,15)10-6-8(3)5-9(12)11(10)16-4/h5-7,13H,12H2,1-4H3. The summed E-state index contributed by atoms with van der Waals surface area (Å²) in [5, 5.41) is 0. The lowest BCUT2D eigenvalue weighted by Gasteiger charge is -2.15. The van der Waals surface area contributed by atoms with Crippen molar-refractivity contribution < 1.29 is 13.2 Å². The molecule has 0 saturated heterocycles. The third-order valence-electron chi connectivity index (χ3n) is 2.11. The summed E-state index contributed by atoms with van der Waals surface area (Å²) >= 11 is 0. The average Bonchev–Trinajstić information content (AvgIpc) is 2.14. The summed E-state index contributed by atoms with van der Waals surface area (Å²) in [6.07, 6.45) is 0. The molecule has 3 N–H and O–H groups in total. The van der Waals surface area contributed by atoms with Gasteiger partial charge < -0.3 is 10.5 Å². The van der Waals surface area contributed by atoms with Gasteiger partial charge >= 0.3 is 0 Å². The average molecular weight is 258 g/mol. The Kier molecular flexibility index (Phi) is 4.00. The minimum Gasteiger partial charge on any atom is -0.493 e. The van der Waals surface area contributed by atoms with Crippen LogP contribution in [0.15, 0.2) is 17.0 Å². The predicted octanol–water partition coefficient (Wildman–Crippen LogP) is 1.27. The molecule has 0 radical (unpaired) electrons. The van der Waals surface area contributed by atoms with Gasteiger partial charge in [-0.1, -0.05) is 0 Å². The number of nitrogens with two attached hydrogens (primary N) is 1. The van der Waals surface area contributed by atoms with E-state index in [1.807, 2.05) is 0 Å². The van der Waals surface area contributed by atoms with Crippen LogP contribution in [-0.2, 0) is 10.0 Å². The molecule has 0 fully saturated rings. The predicted molar refractivity (Wildman–Crippen MR) is 67.6 cm³/mol. The number of nitrogen functional groups attached to an aromatic ring is 1. The highest BCUT2D eigenvalue weighted by Gasteiger charge is 2.22. The van der Waals surface area contributed by atoms with Gasteiger partial charge in [-0.25, -0.2) is 13.1 Å². The van der Waals surface area contributed by atoms with Gasteiger partial charge in [-0.05, 0) is 38.5 Å². The Bertz CT molecular complexity index is 510. The summed E-state index contributed by atoms with van der Waals surface area (Å²) in [4.78, 5) is 0.0752. The number of aryl methyl sites for hydroxylation is 1. The lowest BCUT2D eigenvalue weighted by atomic mass is 10.2. The van der Waals surface area contributed by atoms with Crippen molar-refractivity contribution in [1.82, 2.24) is 4.72 Å². The van der Waals surface area contributed by atoms with E-state index >= 15 is 0 Å². The van der Waals surface area contributed by atoms with Gasteiger partial charge in [-0.2, -0.15) is 0 Å². The molecular formula is C11H18N2O3S. The molecule has 0 atom stereocenters. The number of rotatable bonds is 4. The highest BCUT2D eigenvalue weighted by molar-refractivity contribution is 7.89. The summed E-state index contributed by atoms with van der Waals surface area (Å²) in [5.41, 5.74) is 6.83. The van der Waals surface area contributed by atoms with Crippen molar-refractivity contribution in [3.05, 3.63) is 17.7 Å². The van der Waals surface area contributed by atoms with Crippen LogP contribution in [0.2, 0.25) is 0 Å². The molecule has 1 rings (SSSR count). The van der Waals surface area contributed by atoms with Crippen molar-refractivity contribution in [1.29, 1.82) is 0 Å². The molecule has 0 aromatic heterocycles. The quantitative estimate of drug-likeness (QED) is 0.797. The van der Waals surface area contributed by atoms with Gasteiger partial charge in [-0.15, -0.1) is 0 Å². The fraction of sp³-hybridized carbons (Fsp3) is 0.455. The molecule has 1 aromatic rings. The number of sulfonamides is 1. The molecule has 96 valence electrons. The molecular weight excluding hydrogens is 240 g/mol. The van der Waals surface area contributed by atoms with E-state index in [1.165, 1.54) is 7.11 Å². The summed E-state index contributed by atoms with van der Waals surface area (Å²) in [5.74, 6) is 0.184. The highest BCUT2D eigenvalue weighted by atomic mass is 32.2. The fourth-order valence-electron chi connectivity index (χ4n) is 1.56. The van der Waals surface area contributed by atoms with Gasteiger partial charge in [-0.3, -0.25) is 0 Å². The monoisotopic (exact) mass is 258 g/mol. The van der Waals surface area contributed by atoms with E-state index in [0.717, 1.165) is 5.56 Å². The summed E-state index contributed by atoms with van der Waals surface area (Å²) in [6.45, 7) is 5.29. The molecule has 0 aliphatic rings. The maximum Gasteiger partial charge on any atom is 0.244 e. The number of anilines is 1. The molecule has 0 amide bonds. The smallest absolute Gasteiger partial charge is 0.244 e. The first-order valence-electron chi connectivity index (χ1n) is 5.24. The SMILES string of the molecule is COc1c(N)cc(C)cc1S(=O)(=O)NC(C)C. The largest absolute Gasteiger partial charge is 0.493 e. The highest BCUT2D eigenvalue weighted by Crippen LogP contribution is 2.31. The molecule has 6 heteroatoms. The third kappa shape index (κ3) is 3.10. The lowest BCUT2D eigenvalue weighted by molar-refractivity contribution is 0.404. The topological polar surface area (TPSA) is 81.4 Å². The number of methoxy groups -OCH3 is 1. The third-order valence-corrected chi connectivity index (χ3v) is 3.78. The van der Waals surface area contributed by atoms with Crippen LogP contribution in [0.3, 0.4) is 0 Å². The van der Waals surface area contributed by atoms with Crippen LogP contribution in [0.4, 0.5) is 5.69 Å². The van der Waals surface area contributed by atoms with Crippen LogP contribution in [0, 0.1) is 6.92 Å². The Balaban J connectivity index is 3.39. The van der Waals surface area contributed by atoms with Crippen molar-refractivity contribution >= 4 is 15.7 Å². The van der Waals surface area contributed by atoms with E-state index in [1.54, 1.807) is 32.9 Å². The van der Waals surface area contributed by atoms with Crippen LogP contribution in [0.1, 0.15) is 19.4 Å². The van der Waals surface area contributed by atoms with E-state index in [9.17, 15) is 8.42 Å². The van der Waals surface area contributed by atoms with Gasteiger partial charge in [0.25, 0.3) is 0 Å². The van der Waals surface area contributed by atoms with E-state index in [0.29, 0.717) is 5.69 Å². The molecule has 0 saturated carbocycles. The van der Waals surface area contributed by atoms with Crippen molar-refractivity contribution in [2.24, 2.45) is 0 Å². The van der Waals surface area contributed by atoms with Crippen LogP contribution < -0.4 is 15.2 Å². The number of hydrogen-bond acceptors (Lipinski definition) is 4. The Morgan fingerprint density at radius 1 is 1.35 bits per heavy atom. The minimum absolute atomic E-state index is 0.0752. The first-order chi connectivity index (χ1) is 7.77.